The Kier molecular flexibility index (Phi) is 6.78. The van der Waals surface area contributed by atoms with Crippen molar-refractivity contribution < 1.29 is 23.9 Å². The lowest BCUT2D eigenvalue weighted by molar-refractivity contribution is -0.147. The summed E-state index contributed by atoms with van der Waals surface area (Å²) in [6.07, 6.45) is 5.88. The Morgan fingerprint density at radius 1 is 1.00 bits per heavy atom. The predicted octanol–water partition coefficient (Wildman–Crippen LogP) is 3.35. The van der Waals surface area contributed by atoms with Gasteiger partial charge in [0.05, 0.1) is 13.3 Å². The number of benzene rings is 2. The molecule has 146 valence electrons. The molecule has 0 radical (unpaired) electrons. The smallest absolute Gasteiger partial charge is 0.347 e. The maximum Gasteiger partial charge on any atom is 0.347 e. The van der Waals surface area contributed by atoms with E-state index in [1.54, 1.807) is 37.4 Å². The lowest BCUT2D eigenvalue weighted by Crippen LogP contribution is -2.17. The van der Waals surface area contributed by atoms with Gasteiger partial charge in [-0.3, -0.25) is 4.79 Å². The molecule has 28 heavy (non-hydrogen) atoms. The van der Waals surface area contributed by atoms with Gasteiger partial charge in [0.1, 0.15) is 5.75 Å². The molecule has 0 unspecified atom stereocenters. The number of rotatable bonds is 8. The molecule has 0 N–H and O–H groups in total. The highest BCUT2D eigenvalue weighted by Gasteiger charge is 2.14. The third-order valence-electron chi connectivity index (χ3n) is 4.61. The highest BCUT2D eigenvalue weighted by molar-refractivity contribution is 5.98. The average molecular weight is 381 g/mol. The molecule has 0 saturated heterocycles. The van der Waals surface area contributed by atoms with Crippen LogP contribution in [0.15, 0.2) is 47.6 Å². The van der Waals surface area contributed by atoms with E-state index in [4.69, 9.17) is 14.3 Å². The summed E-state index contributed by atoms with van der Waals surface area (Å²) in [6.45, 7) is -0.659. The largest absolute Gasteiger partial charge is 0.497 e. The van der Waals surface area contributed by atoms with E-state index in [0.29, 0.717) is 5.56 Å². The molecule has 0 aliphatic heterocycles. The minimum Gasteiger partial charge on any atom is -0.497 e. The van der Waals surface area contributed by atoms with Crippen LogP contribution in [0.3, 0.4) is 0 Å². The topological polar surface area (TPSA) is 74.2 Å². The zero-order valence-corrected chi connectivity index (χ0v) is 15.8. The van der Waals surface area contributed by atoms with Crippen molar-refractivity contribution in [3.8, 4) is 5.75 Å². The van der Waals surface area contributed by atoms with Gasteiger partial charge in [-0.05, 0) is 72.7 Å². The third-order valence-corrected chi connectivity index (χ3v) is 4.61. The maximum atomic E-state index is 12.2. The van der Waals surface area contributed by atoms with Crippen LogP contribution in [0.4, 0.5) is 0 Å². The van der Waals surface area contributed by atoms with Crippen LogP contribution in [0, 0.1) is 0 Å². The Morgan fingerprint density at radius 3 is 2.50 bits per heavy atom. The zero-order chi connectivity index (χ0) is 19.8. The number of ketones is 1. The van der Waals surface area contributed by atoms with Crippen molar-refractivity contribution >= 4 is 18.0 Å². The van der Waals surface area contributed by atoms with Crippen LogP contribution in [-0.2, 0) is 27.2 Å². The normalized spacial score (nSPS) is 13.0. The monoisotopic (exact) mass is 381 g/mol. The van der Waals surface area contributed by atoms with Gasteiger partial charge in [-0.25, -0.2) is 4.79 Å². The van der Waals surface area contributed by atoms with Crippen molar-refractivity contribution in [3.63, 3.8) is 0 Å². The van der Waals surface area contributed by atoms with Gasteiger partial charge in [-0.2, -0.15) is 0 Å². The minimum absolute atomic E-state index is 0.219. The van der Waals surface area contributed by atoms with Gasteiger partial charge in [0, 0.05) is 5.56 Å². The van der Waals surface area contributed by atoms with E-state index in [9.17, 15) is 9.59 Å². The molecule has 6 nitrogen and oxygen atoms in total. The van der Waals surface area contributed by atoms with Crippen LogP contribution in [-0.4, -0.2) is 38.3 Å². The van der Waals surface area contributed by atoms with E-state index in [0.717, 1.165) is 30.6 Å². The van der Waals surface area contributed by atoms with Crippen molar-refractivity contribution in [2.24, 2.45) is 5.16 Å². The van der Waals surface area contributed by atoms with Gasteiger partial charge < -0.3 is 14.3 Å². The Balaban J connectivity index is 1.41. The van der Waals surface area contributed by atoms with E-state index < -0.39 is 5.97 Å². The molecule has 2 aromatic carbocycles. The summed E-state index contributed by atoms with van der Waals surface area (Å²) in [7, 11) is 1.59. The van der Waals surface area contributed by atoms with Crippen molar-refractivity contribution in [2.75, 3.05) is 20.3 Å². The first-order valence-corrected chi connectivity index (χ1v) is 9.26. The van der Waals surface area contributed by atoms with E-state index in [1.807, 2.05) is 12.1 Å². The van der Waals surface area contributed by atoms with Crippen LogP contribution in [0.5, 0.6) is 5.75 Å². The van der Waals surface area contributed by atoms with Gasteiger partial charge in [-0.1, -0.05) is 17.3 Å². The van der Waals surface area contributed by atoms with Crippen LogP contribution < -0.4 is 4.74 Å². The maximum absolute atomic E-state index is 12.2. The Morgan fingerprint density at radius 2 is 1.75 bits per heavy atom. The molecule has 2 aromatic rings. The standard InChI is InChI=1S/C22H23NO5/c1-26-20-10-6-16(7-11-20)13-23-28-15-22(25)27-14-21(24)19-9-8-17-4-2-3-5-18(17)12-19/h6-13H,2-5,14-15H2,1H3. The van der Waals surface area contributed by atoms with E-state index >= 15 is 0 Å². The zero-order valence-electron chi connectivity index (χ0n) is 15.8. The number of hydrogen-bond acceptors (Lipinski definition) is 6. The van der Waals surface area contributed by atoms with Gasteiger partial charge in [0.15, 0.2) is 12.4 Å². The number of esters is 1. The molecule has 6 heteroatoms. The fourth-order valence-corrected chi connectivity index (χ4v) is 3.06. The quantitative estimate of drug-likeness (QED) is 0.303. The SMILES string of the molecule is COc1ccc(C=NOCC(=O)OCC(=O)c2ccc3c(c2)CCCC3)cc1. The fraction of sp³-hybridized carbons (Fsp3) is 0.318. The predicted molar refractivity (Wildman–Crippen MR) is 105 cm³/mol. The average Bonchev–Trinajstić information content (AvgIpc) is 2.75. The first kappa shape index (κ1) is 19.6. The molecule has 0 fully saturated rings. The second kappa shape index (κ2) is 9.69. The number of Topliss-reactive ketones (excluding diaryl/α,β-unsaturated/α-hetero) is 1. The number of hydrogen-bond donors (Lipinski definition) is 0. The summed E-state index contributed by atoms with van der Waals surface area (Å²) < 4.78 is 10.0. The number of carbonyl (C=O) groups excluding carboxylic acids is 2. The van der Waals surface area contributed by atoms with Crippen LogP contribution >= 0.6 is 0 Å². The Labute approximate surface area is 164 Å². The van der Waals surface area contributed by atoms with Crippen molar-refractivity contribution in [2.45, 2.75) is 25.7 Å². The van der Waals surface area contributed by atoms with Crippen LogP contribution in [0.1, 0.15) is 39.9 Å². The molecule has 0 atom stereocenters. The van der Waals surface area contributed by atoms with Crippen molar-refractivity contribution in [3.05, 3.63) is 64.7 Å². The molecule has 0 bridgehead atoms. The number of aryl methyl sites for hydroxylation is 2. The van der Waals surface area contributed by atoms with Crippen molar-refractivity contribution in [1.29, 1.82) is 0 Å². The first-order valence-electron chi connectivity index (χ1n) is 9.26. The van der Waals surface area contributed by atoms with Crippen LogP contribution in [0.2, 0.25) is 0 Å². The van der Waals surface area contributed by atoms with E-state index in [-0.39, 0.29) is 19.0 Å². The van der Waals surface area contributed by atoms with E-state index in [1.165, 1.54) is 23.8 Å². The fourth-order valence-electron chi connectivity index (χ4n) is 3.06. The highest BCUT2D eigenvalue weighted by atomic mass is 16.7. The molecule has 0 heterocycles. The van der Waals surface area contributed by atoms with Gasteiger partial charge in [0.25, 0.3) is 0 Å². The summed E-state index contributed by atoms with van der Waals surface area (Å²) in [6, 6.07) is 12.9. The second-order valence-corrected chi connectivity index (χ2v) is 6.56. The third kappa shape index (κ3) is 5.42. The second-order valence-electron chi connectivity index (χ2n) is 6.56. The summed E-state index contributed by atoms with van der Waals surface area (Å²) in [5.74, 6) is -0.119. The number of ether oxygens (including phenoxy) is 2. The van der Waals surface area contributed by atoms with Gasteiger partial charge in [-0.15, -0.1) is 0 Å². The van der Waals surface area contributed by atoms with Crippen molar-refractivity contribution in [1.82, 2.24) is 0 Å². The highest BCUT2D eigenvalue weighted by Crippen LogP contribution is 2.22. The molecule has 0 spiro atoms. The molecule has 0 amide bonds. The lowest BCUT2D eigenvalue weighted by Gasteiger charge is -2.16. The lowest BCUT2D eigenvalue weighted by atomic mass is 9.90. The number of carbonyl (C=O) groups is 2. The summed E-state index contributed by atoms with van der Waals surface area (Å²) in [5, 5.41) is 3.72. The summed E-state index contributed by atoms with van der Waals surface area (Å²) in [4.78, 5) is 28.9. The first-order chi connectivity index (χ1) is 13.7. The Bertz CT molecular complexity index is 858. The number of nitrogens with zero attached hydrogens (tertiary/aromatic N) is 1. The van der Waals surface area contributed by atoms with Gasteiger partial charge in [0.2, 0.25) is 6.61 Å². The summed E-state index contributed by atoms with van der Waals surface area (Å²) in [5.41, 5.74) is 3.91. The summed E-state index contributed by atoms with van der Waals surface area (Å²) >= 11 is 0. The number of oxime groups is 1. The van der Waals surface area contributed by atoms with Gasteiger partial charge >= 0.3 is 5.97 Å². The molecule has 1 aliphatic rings. The number of fused-ring (bicyclic) bond motifs is 1. The van der Waals surface area contributed by atoms with Crippen LogP contribution in [0.25, 0.3) is 0 Å². The Hall–Kier alpha value is -3.15. The van der Waals surface area contributed by atoms with E-state index in [2.05, 4.69) is 5.16 Å². The minimum atomic E-state index is -0.641. The molecular weight excluding hydrogens is 358 g/mol. The molecule has 3 rings (SSSR count). The molecule has 0 saturated carbocycles. The molecule has 1 aliphatic carbocycles. The number of methoxy groups -OCH3 is 1. The molecule has 0 aromatic heterocycles. The molecular formula is C22H23NO5.